The van der Waals surface area contributed by atoms with Crippen molar-refractivity contribution in [2.24, 2.45) is 5.92 Å². The molecule has 2 aliphatic rings. The molecule has 0 aliphatic carbocycles. The average Bonchev–Trinajstić information content (AvgIpc) is 3.38. The SMILES string of the molecule is Cc1cc(N2C=C3CN(C(=O)c4cc(F)ccc4-c4ncccn4)CC3C2)nc(C(F)(F)F)n1. The fourth-order valence-electron chi connectivity index (χ4n) is 4.25. The van der Waals surface area contributed by atoms with Crippen molar-refractivity contribution >= 4 is 11.7 Å². The van der Waals surface area contributed by atoms with Crippen LogP contribution in [-0.4, -0.2) is 50.4 Å². The Morgan fingerprint density at radius 3 is 2.56 bits per heavy atom. The topological polar surface area (TPSA) is 75.1 Å². The number of hydrogen-bond acceptors (Lipinski definition) is 6. The van der Waals surface area contributed by atoms with Crippen molar-refractivity contribution < 1.29 is 22.4 Å². The molecule has 5 rings (SSSR count). The Morgan fingerprint density at radius 2 is 1.85 bits per heavy atom. The van der Waals surface area contributed by atoms with Crippen LogP contribution in [0.4, 0.5) is 23.4 Å². The van der Waals surface area contributed by atoms with Gasteiger partial charge in [0, 0.05) is 61.5 Å². The van der Waals surface area contributed by atoms with Gasteiger partial charge in [0.15, 0.2) is 5.82 Å². The van der Waals surface area contributed by atoms with Crippen LogP contribution in [0.5, 0.6) is 0 Å². The van der Waals surface area contributed by atoms with Crippen molar-refractivity contribution in [1.82, 2.24) is 24.8 Å². The summed E-state index contributed by atoms with van der Waals surface area (Å²) in [6.07, 6.45) is 0.168. The van der Waals surface area contributed by atoms with Crippen LogP contribution in [0.3, 0.4) is 0 Å². The molecule has 11 heteroatoms. The zero-order chi connectivity index (χ0) is 24.0. The Hall–Kier alpha value is -3.89. The van der Waals surface area contributed by atoms with Gasteiger partial charge in [-0.15, -0.1) is 0 Å². The molecule has 7 nitrogen and oxygen atoms in total. The predicted octanol–water partition coefficient (Wildman–Crippen LogP) is 3.88. The molecule has 3 aromatic rings. The van der Waals surface area contributed by atoms with Crippen molar-refractivity contribution in [1.29, 1.82) is 0 Å². The lowest BCUT2D eigenvalue weighted by atomic mass is 10.0. The maximum Gasteiger partial charge on any atom is 0.451 e. The summed E-state index contributed by atoms with van der Waals surface area (Å²) in [7, 11) is 0. The van der Waals surface area contributed by atoms with Crippen LogP contribution in [0.1, 0.15) is 21.9 Å². The van der Waals surface area contributed by atoms with Gasteiger partial charge >= 0.3 is 6.18 Å². The van der Waals surface area contributed by atoms with Gasteiger partial charge in [0.2, 0.25) is 5.82 Å². The van der Waals surface area contributed by atoms with Gasteiger partial charge in [-0.05, 0) is 36.8 Å². The molecule has 34 heavy (non-hydrogen) atoms. The average molecular weight is 470 g/mol. The van der Waals surface area contributed by atoms with Crippen LogP contribution in [0, 0.1) is 18.7 Å². The van der Waals surface area contributed by atoms with E-state index in [-0.39, 0.29) is 35.4 Å². The highest BCUT2D eigenvalue weighted by Crippen LogP contribution is 2.35. The second-order valence-electron chi connectivity index (χ2n) is 8.19. The summed E-state index contributed by atoms with van der Waals surface area (Å²) in [6.45, 7) is 2.49. The largest absolute Gasteiger partial charge is 0.451 e. The number of hydrogen-bond donors (Lipinski definition) is 0. The molecular weight excluding hydrogens is 452 g/mol. The van der Waals surface area contributed by atoms with E-state index in [1.807, 2.05) is 0 Å². The number of amides is 1. The zero-order valence-electron chi connectivity index (χ0n) is 17.9. The lowest BCUT2D eigenvalue weighted by molar-refractivity contribution is -0.145. The Morgan fingerprint density at radius 1 is 1.09 bits per heavy atom. The second-order valence-corrected chi connectivity index (χ2v) is 8.19. The minimum absolute atomic E-state index is 0.0708. The first-order valence-electron chi connectivity index (χ1n) is 10.5. The number of aryl methyl sites for hydroxylation is 1. The fourth-order valence-corrected chi connectivity index (χ4v) is 4.25. The van der Waals surface area contributed by atoms with Gasteiger partial charge in [0.05, 0.1) is 5.56 Å². The molecule has 0 N–H and O–H groups in total. The molecule has 4 heterocycles. The first kappa shape index (κ1) is 21.9. The third-order valence-corrected chi connectivity index (χ3v) is 5.77. The molecule has 0 spiro atoms. The molecular formula is C23H18F4N6O. The van der Waals surface area contributed by atoms with Crippen LogP contribution in [0.15, 0.2) is 54.5 Å². The number of carbonyl (C=O) groups is 1. The lowest BCUT2D eigenvalue weighted by Gasteiger charge is -2.22. The summed E-state index contributed by atoms with van der Waals surface area (Å²) >= 11 is 0. The van der Waals surface area contributed by atoms with Crippen molar-refractivity contribution in [3.8, 4) is 11.4 Å². The van der Waals surface area contributed by atoms with Crippen LogP contribution in [0.2, 0.25) is 0 Å². The Labute approximate surface area is 191 Å². The Bertz CT molecular complexity index is 1290. The van der Waals surface area contributed by atoms with Crippen molar-refractivity contribution in [2.45, 2.75) is 13.1 Å². The first-order chi connectivity index (χ1) is 16.2. The quantitative estimate of drug-likeness (QED) is 0.541. The lowest BCUT2D eigenvalue weighted by Crippen LogP contribution is -2.32. The first-order valence-corrected chi connectivity index (χ1v) is 10.5. The van der Waals surface area contributed by atoms with Gasteiger partial charge in [-0.2, -0.15) is 13.2 Å². The molecule has 1 unspecified atom stereocenters. The number of fused-ring (bicyclic) bond motifs is 1. The predicted molar refractivity (Wildman–Crippen MR) is 114 cm³/mol. The van der Waals surface area contributed by atoms with Crippen molar-refractivity contribution in [3.63, 3.8) is 0 Å². The van der Waals surface area contributed by atoms with E-state index in [1.165, 1.54) is 31.2 Å². The summed E-state index contributed by atoms with van der Waals surface area (Å²) in [6, 6.07) is 7.04. The molecule has 2 aromatic heterocycles. The van der Waals surface area contributed by atoms with Crippen LogP contribution in [0.25, 0.3) is 11.4 Å². The summed E-state index contributed by atoms with van der Waals surface area (Å²) in [5.41, 5.74) is 1.69. The van der Waals surface area contributed by atoms with Crippen LogP contribution < -0.4 is 4.90 Å². The van der Waals surface area contributed by atoms with Crippen molar-refractivity contribution in [2.75, 3.05) is 24.5 Å². The molecule has 0 radical (unpaired) electrons. The van der Waals surface area contributed by atoms with E-state index in [9.17, 15) is 22.4 Å². The van der Waals surface area contributed by atoms with Gasteiger partial charge in [-0.1, -0.05) is 0 Å². The van der Waals surface area contributed by atoms with Crippen LogP contribution in [-0.2, 0) is 6.18 Å². The number of aromatic nitrogens is 4. The Kier molecular flexibility index (Phi) is 5.26. The van der Waals surface area contributed by atoms with E-state index in [0.717, 1.165) is 5.57 Å². The summed E-state index contributed by atoms with van der Waals surface area (Å²) in [4.78, 5) is 32.0. The summed E-state index contributed by atoms with van der Waals surface area (Å²) in [5, 5.41) is 0. The number of halogens is 4. The van der Waals surface area contributed by atoms with E-state index in [0.29, 0.717) is 24.5 Å². The van der Waals surface area contributed by atoms with Gasteiger partial charge in [0.1, 0.15) is 11.6 Å². The molecule has 1 atom stereocenters. The fraction of sp³-hybridized carbons (Fsp3) is 0.261. The van der Waals surface area contributed by atoms with E-state index in [2.05, 4.69) is 19.9 Å². The van der Waals surface area contributed by atoms with E-state index < -0.39 is 17.8 Å². The zero-order valence-corrected chi connectivity index (χ0v) is 17.9. The summed E-state index contributed by atoms with van der Waals surface area (Å²) in [5.74, 6) is -1.69. The second kappa shape index (κ2) is 8.15. The molecule has 174 valence electrons. The van der Waals surface area contributed by atoms with Crippen molar-refractivity contribution in [3.05, 3.63) is 77.4 Å². The number of likely N-dealkylation sites (tertiary alicyclic amines) is 1. The number of benzene rings is 1. The van der Waals surface area contributed by atoms with E-state index in [1.54, 1.807) is 34.5 Å². The maximum absolute atomic E-state index is 14.0. The monoisotopic (exact) mass is 470 g/mol. The third-order valence-electron chi connectivity index (χ3n) is 5.77. The molecule has 1 saturated heterocycles. The number of anilines is 1. The van der Waals surface area contributed by atoms with Gasteiger partial charge < -0.3 is 9.80 Å². The van der Waals surface area contributed by atoms with Crippen LogP contribution >= 0.6 is 0 Å². The van der Waals surface area contributed by atoms with Gasteiger partial charge in [-0.25, -0.2) is 24.3 Å². The Balaban J connectivity index is 1.39. The highest BCUT2D eigenvalue weighted by atomic mass is 19.4. The smallest absolute Gasteiger partial charge is 0.334 e. The minimum Gasteiger partial charge on any atom is -0.334 e. The third kappa shape index (κ3) is 4.09. The molecule has 0 bridgehead atoms. The van der Waals surface area contributed by atoms with Gasteiger partial charge in [0.25, 0.3) is 5.91 Å². The summed E-state index contributed by atoms with van der Waals surface area (Å²) < 4.78 is 53.3. The molecule has 1 fully saturated rings. The number of rotatable bonds is 3. The maximum atomic E-state index is 14.0. The highest BCUT2D eigenvalue weighted by Gasteiger charge is 2.39. The normalized spacial score (nSPS) is 17.7. The molecule has 1 aromatic carbocycles. The molecule has 0 saturated carbocycles. The highest BCUT2D eigenvalue weighted by molar-refractivity contribution is 6.00. The number of carbonyl (C=O) groups excluding carboxylic acids is 1. The molecule has 2 aliphatic heterocycles. The van der Waals surface area contributed by atoms with Gasteiger partial charge in [-0.3, -0.25) is 4.79 Å². The minimum atomic E-state index is -4.64. The number of nitrogens with zero attached hydrogens (tertiary/aromatic N) is 6. The standard InChI is InChI=1S/C23H18F4N6O/c1-13-7-19(31-22(30-13)23(25,26)27)32-9-14-11-33(12-15(14)10-32)21(34)18-8-16(24)3-4-17(18)20-28-5-2-6-29-20/h2-9,15H,10-12H2,1H3. The number of alkyl halides is 3. The molecule has 1 amide bonds. The van der Waals surface area contributed by atoms with E-state index in [4.69, 9.17) is 0 Å². The van der Waals surface area contributed by atoms with E-state index >= 15 is 0 Å².